The Labute approximate surface area is 152 Å². The summed E-state index contributed by atoms with van der Waals surface area (Å²) < 4.78 is 19.2. The average molecular weight is 368 g/mol. The average Bonchev–Trinajstić information content (AvgIpc) is 3.05. The van der Waals surface area contributed by atoms with Crippen LogP contribution in [0, 0.1) is 17.1 Å². The maximum Gasteiger partial charge on any atom is 0.349 e. The van der Waals surface area contributed by atoms with Crippen LogP contribution in [0.1, 0.15) is 22.2 Å². The first-order valence-corrected chi connectivity index (χ1v) is 8.49. The van der Waals surface area contributed by atoms with E-state index < -0.39 is 18.0 Å². The van der Waals surface area contributed by atoms with Gasteiger partial charge in [-0.05, 0) is 54.8 Å². The lowest BCUT2D eigenvalue weighted by molar-refractivity contribution is -0.123. The molecule has 0 saturated heterocycles. The topological polar surface area (TPSA) is 79.2 Å². The van der Waals surface area contributed by atoms with Gasteiger partial charge in [0.2, 0.25) is 0 Å². The van der Waals surface area contributed by atoms with Crippen molar-refractivity contribution in [2.45, 2.75) is 13.0 Å². The first-order chi connectivity index (χ1) is 12.5. The van der Waals surface area contributed by atoms with E-state index in [1.54, 1.807) is 24.3 Å². The van der Waals surface area contributed by atoms with E-state index in [0.29, 0.717) is 16.6 Å². The summed E-state index contributed by atoms with van der Waals surface area (Å²) in [6, 6.07) is 14.2. The number of rotatable bonds is 4. The standard InChI is InChI=1S/C19H13FN2O3S/c1-11(18(23)22-15-4-2-3-12(7-15)10-21)25-19(24)17-9-13-8-14(20)5-6-16(13)26-17/h2-9,11H,1H3,(H,22,23). The molecule has 0 aliphatic carbocycles. The first kappa shape index (κ1) is 17.6. The number of hydrogen-bond donors (Lipinski definition) is 1. The zero-order chi connectivity index (χ0) is 18.7. The van der Waals surface area contributed by atoms with Gasteiger partial charge < -0.3 is 10.1 Å². The summed E-state index contributed by atoms with van der Waals surface area (Å²) >= 11 is 1.17. The number of halogens is 1. The molecule has 0 spiro atoms. The van der Waals surface area contributed by atoms with Gasteiger partial charge in [0.25, 0.3) is 5.91 Å². The van der Waals surface area contributed by atoms with Crippen molar-refractivity contribution in [3.05, 3.63) is 64.8 Å². The molecule has 0 aliphatic heterocycles. The molecule has 1 aromatic heterocycles. The van der Waals surface area contributed by atoms with E-state index in [4.69, 9.17) is 10.00 Å². The normalized spacial score (nSPS) is 11.6. The molecule has 1 N–H and O–H groups in total. The van der Waals surface area contributed by atoms with Crippen LogP contribution in [0.2, 0.25) is 0 Å². The Hall–Kier alpha value is -3.24. The van der Waals surface area contributed by atoms with Gasteiger partial charge in [-0.3, -0.25) is 4.79 Å². The summed E-state index contributed by atoms with van der Waals surface area (Å²) in [7, 11) is 0. The Kier molecular flexibility index (Phi) is 4.96. The van der Waals surface area contributed by atoms with Crippen molar-refractivity contribution in [3.63, 3.8) is 0 Å². The third-order valence-corrected chi connectivity index (χ3v) is 4.69. The van der Waals surface area contributed by atoms with Crippen LogP contribution in [0.15, 0.2) is 48.5 Å². The summed E-state index contributed by atoms with van der Waals surface area (Å²) in [4.78, 5) is 24.7. The number of thiophene rings is 1. The predicted octanol–water partition coefficient (Wildman–Crippen LogP) is 4.10. The number of nitrogens with zero attached hydrogens (tertiary/aromatic N) is 1. The molecule has 7 heteroatoms. The number of anilines is 1. The van der Waals surface area contributed by atoms with Gasteiger partial charge in [-0.25, -0.2) is 9.18 Å². The van der Waals surface area contributed by atoms with E-state index in [1.165, 1.54) is 42.5 Å². The van der Waals surface area contributed by atoms with Crippen molar-refractivity contribution in [2.24, 2.45) is 0 Å². The molecule has 0 aliphatic rings. The van der Waals surface area contributed by atoms with E-state index in [2.05, 4.69) is 5.32 Å². The molecule has 0 radical (unpaired) electrons. The highest BCUT2D eigenvalue weighted by molar-refractivity contribution is 7.20. The molecule has 130 valence electrons. The monoisotopic (exact) mass is 368 g/mol. The number of amides is 1. The van der Waals surface area contributed by atoms with E-state index >= 15 is 0 Å². The number of ether oxygens (including phenoxy) is 1. The fourth-order valence-corrected chi connectivity index (χ4v) is 3.22. The molecular formula is C19H13FN2O3S. The minimum atomic E-state index is -1.03. The lowest BCUT2D eigenvalue weighted by Gasteiger charge is -2.13. The van der Waals surface area contributed by atoms with Crippen molar-refractivity contribution in [2.75, 3.05) is 5.32 Å². The number of benzene rings is 2. The molecule has 1 atom stereocenters. The van der Waals surface area contributed by atoms with Crippen molar-refractivity contribution < 1.29 is 18.7 Å². The quantitative estimate of drug-likeness (QED) is 0.703. The van der Waals surface area contributed by atoms with E-state index in [0.717, 1.165) is 4.70 Å². The summed E-state index contributed by atoms with van der Waals surface area (Å²) in [5, 5.41) is 12.1. The second kappa shape index (κ2) is 7.33. The smallest absolute Gasteiger partial charge is 0.349 e. The molecule has 1 unspecified atom stereocenters. The largest absolute Gasteiger partial charge is 0.448 e. The molecule has 0 saturated carbocycles. The van der Waals surface area contributed by atoms with Gasteiger partial charge in [-0.15, -0.1) is 11.3 Å². The minimum Gasteiger partial charge on any atom is -0.448 e. The minimum absolute atomic E-state index is 0.289. The maximum atomic E-state index is 13.2. The Balaban J connectivity index is 1.67. The number of carbonyl (C=O) groups excluding carboxylic acids is 2. The van der Waals surface area contributed by atoms with Crippen molar-refractivity contribution >= 4 is 39.0 Å². The van der Waals surface area contributed by atoms with E-state index in [-0.39, 0.29) is 10.7 Å². The summed E-state index contributed by atoms with van der Waals surface area (Å²) in [5.41, 5.74) is 0.847. The lowest BCUT2D eigenvalue weighted by Crippen LogP contribution is -2.29. The van der Waals surface area contributed by atoms with E-state index in [9.17, 15) is 14.0 Å². The van der Waals surface area contributed by atoms with Gasteiger partial charge >= 0.3 is 5.97 Å². The van der Waals surface area contributed by atoms with Gasteiger partial charge in [0.15, 0.2) is 6.10 Å². The molecule has 2 aromatic carbocycles. The predicted molar refractivity (Wildman–Crippen MR) is 96.4 cm³/mol. The van der Waals surface area contributed by atoms with Crippen LogP contribution in [-0.2, 0) is 9.53 Å². The Bertz CT molecular complexity index is 1040. The van der Waals surface area contributed by atoms with Crippen LogP contribution in [0.5, 0.6) is 0 Å². The van der Waals surface area contributed by atoms with Crippen molar-refractivity contribution in [1.29, 1.82) is 5.26 Å². The highest BCUT2D eigenvalue weighted by Gasteiger charge is 2.20. The molecule has 1 amide bonds. The molecular weight excluding hydrogens is 355 g/mol. The van der Waals surface area contributed by atoms with Crippen LogP contribution in [0.3, 0.4) is 0 Å². The Morgan fingerprint density at radius 2 is 2.04 bits per heavy atom. The summed E-state index contributed by atoms with van der Waals surface area (Å²) in [5.74, 6) is -1.55. The fourth-order valence-electron chi connectivity index (χ4n) is 2.30. The third kappa shape index (κ3) is 3.87. The Morgan fingerprint density at radius 1 is 1.23 bits per heavy atom. The number of fused-ring (bicyclic) bond motifs is 1. The van der Waals surface area contributed by atoms with Crippen LogP contribution in [0.4, 0.5) is 10.1 Å². The summed E-state index contributed by atoms with van der Waals surface area (Å²) in [6.07, 6.45) is -1.03. The van der Waals surface area contributed by atoms with Crippen LogP contribution >= 0.6 is 11.3 Å². The third-order valence-electron chi connectivity index (χ3n) is 3.59. The lowest BCUT2D eigenvalue weighted by atomic mass is 10.2. The molecule has 0 bridgehead atoms. The zero-order valence-electron chi connectivity index (χ0n) is 13.7. The second-order valence-electron chi connectivity index (χ2n) is 5.52. The number of hydrogen-bond acceptors (Lipinski definition) is 5. The van der Waals surface area contributed by atoms with Gasteiger partial charge in [-0.1, -0.05) is 6.07 Å². The van der Waals surface area contributed by atoms with Crippen LogP contribution in [0.25, 0.3) is 10.1 Å². The molecule has 0 fully saturated rings. The van der Waals surface area contributed by atoms with Gasteiger partial charge in [0.1, 0.15) is 10.7 Å². The number of nitriles is 1. The van der Waals surface area contributed by atoms with Crippen LogP contribution in [-0.4, -0.2) is 18.0 Å². The summed E-state index contributed by atoms with van der Waals surface area (Å²) in [6.45, 7) is 1.45. The van der Waals surface area contributed by atoms with Crippen LogP contribution < -0.4 is 5.32 Å². The number of carbonyl (C=O) groups is 2. The molecule has 1 heterocycles. The second-order valence-corrected chi connectivity index (χ2v) is 6.61. The highest BCUT2D eigenvalue weighted by Crippen LogP contribution is 2.27. The first-order valence-electron chi connectivity index (χ1n) is 7.67. The zero-order valence-corrected chi connectivity index (χ0v) is 14.5. The van der Waals surface area contributed by atoms with E-state index in [1.807, 2.05) is 6.07 Å². The maximum absolute atomic E-state index is 13.2. The number of esters is 1. The molecule has 3 rings (SSSR count). The van der Waals surface area contributed by atoms with Crippen molar-refractivity contribution in [1.82, 2.24) is 0 Å². The molecule has 26 heavy (non-hydrogen) atoms. The Morgan fingerprint density at radius 3 is 2.81 bits per heavy atom. The van der Waals surface area contributed by atoms with Gasteiger partial charge in [-0.2, -0.15) is 5.26 Å². The van der Waals surface area contributed by atoms with Gasteiger partial charge in [0.05, 0.1) is 11.6 Å². The highest BCUT2D eigenvalue weighted by atomic mass is 32.1. The number of nitrogens with one attached hydrogen (secondary N) is 1. The fraction of sp³-hybridized carbons (Fsp3) is 0.105. The van der Waals surface area contributed by atoms with Crippen molar-refractivity contribution in [3.8, 4) is 6.07 Å². The molecule has 3 aromatic rings. The SMILES string of the molecule is CC(OC(=O)c1cc2cc(F)ccc2s1)C(=O)Nc1cccc(C#N)c1. The van der Waals surface area contributed by atoms with Gasteiger partial charge in [0, 0.05) is 10.4 Å². The molecule has 5 nitrogen and oxygen atoms in total.